The van der Waals surface area contributed by atoms with Crippen LogP contribution < -0.4 is 15.4 Å². The van der Waals surface area contributed by atoms with Gasteiger partial charge in [-0.3, -0.25) is 4.90 Å². The van der Waals surface area contributed by atoms with Gasteiger partial charge in [0.15, 0.2) is 0 Å². The summed E-state index contributed by atoms with van der Waals surface area (Å²) in [6, 6.07) is 2.32. The van der Waals surface area contributed by atoms with Crippen molar-refractivity contribution in [3.63, 3.8) is 0 Å². The van der Waals surface area contributed by atoms with Crippen LogP contribution in [0.3, 0.4) is 0 Å². The highest BCUT2D eigenvalue weighted by atomic mass is 16.5. The Morgan fingerprint density at radius 3 is 2.43 bits per heavy atom. The molecule has 1 aliphatic rings. The Morgan fingerprint density at radius 2 is 1.86 bits per heavy atom. The maximum Gasteiger partial charge on any atom is 0.228 e. The van der Waals surface area contributed by atoms with Crippen molar-refractivity contribution in [3.05, 3.63) is 11.8 Å². The molecule has 1 unspecified atom stereocenters. The van der Waals surface area contributed by atoms with Crippen LogP contribution >= 0.6 is 0 Å². The Bertz CT molecular complexity index is 457. The van der Waals surface area contributed by atoms with Crippen molar-refractivity contribution in [2.24, 2.45) is 5.73 Å². The maximum absolute atomic E-state index is 5.74. The number of aromatic nitrogens is 2. The minimum absolute atomic E-state index is 0.120. The summed E-state index contributed by atoms with van der Waals surface area (Å²) >= 11 is 0. The summed E-state index contributed by atoms with van der Waals surface area (Å²) in [7, 11) is 0. The van der Waals surface area contributed by atoms with E-state index >= 15 is 0 Å². The number of hydrogen-bond acceptors (Lipinski definition) is 6. The molecule has 0 bridgehead atoms. The number of nitrogens with two attached hydrogens (primary N) is 1. The highest BCUT2D eigenvalue weighted by molar-refractivity contribution is 5.35. The van der Waals surface area contributed by atoms with Crippen LogP contribution in [-0.4, -0.2) is 59.7 Å². The zero-order valence-corrected chi connectivity index (χ0v) is 13.5. The SMILES string of the molecule is Cc1cc(OC(C)C)nc(N2CCN(C(C)CN)CC2)n1. The molecule has 0 radical (unpaired) electrons. The number of piperazine rings is 1. The van der Waals surface area contributed by atoms with Gasteiger partial charge in [0.2, 0.25) is 11.8 Å². The fraction of sp³-hybridized carbons (Fsp3) is 0.733. The number of hydrogen-bond donors (Lipinski definition) is 1. The maximum atomic E-state index is 5.74. The van der Waals surface area contributed by atoms with Gasteiger partial charge in [-0.25, -0.2) is 4.98 Å². The second kappa shape index (κ2) is 7.04. The van der Waals surface area contributed by atoms with Crippen LogP contribution in [0.2, 0.25) is 0 Å². The average Bonchev–Trinajstić information content (AvgIpc) is 2.45. The van der Waals surface area contributed by atoms with Crippen LogP contribution in [-0.2, 0) is 0 Å². The minimum Gasteiger partial charge on any atom is -0.475 e. The number of ether oxygens (including phenoxy) is 1. The zero-order chi connectivity index (χ0) is 15.4. The lowest BCUT2D eigenvalue weighted by molar-refractivity contribution is 0.200. The van der Waals surface area contributed by atoms with Gasteiger partial charge in [-0.15, -0.1) is 0 Å². The van der Waals surface area contributed by atoms with Crippen molar-refractivity contribution in [2.45, 2.75) is 39.8 Å². The molecule has 2 N–H and O–H groups in total. The average molecular weight is 293 g/mol. The minimum atomic E-state index is 0.120. The summed E-state index contributed by atoms with van der Waals surface area (Å²) in [6.07, 6.45) is 0.120. The Balaban J connectivity index is 2.04. The number of anilines is 1. The van der Waals surface area contributed by atoms with Gasteiger partial charge in [0.05, 0.1) is 6.10 Å². The van der Waals surface area contributed by atoms with Crippen LogP contribution in [0.25, 0.3) is 0 Å². The van der Waals surface area contributed by atoms with E-state index in [2.05, 4.69) is 26.7 Å². The molecular weight excluding hydrogens is 266 g/mol. The van der Waals surface area contributed by atoms with Crippen molar-refractivity contribution >= 4 is 5.95 Å². The molecule has 1 aromatic rings. The topological polar surface area (TPSA) is 67.5 Å². The number of nitrogens with zero attached hydrogens (tertiary/aromatic N) is 4. The molecule has 0 amide bonds. The van der Waals surface area contributed by atoms with Gasteiger partial charge >= 0.3 is 0 Å². The Morgan fingerprint density at radius 1 is 1.19 bits per heavy atom. The van der Waals surface area contributed by atoms with Crippen molar-refractivity contribution < 1.29 is 4.74 Å². The zero-order valence-electron chi connectivity index (χ0n) is 13.5. The van der Waals surface area contributed by atoms with Crippen molar-refractivity contribution in [1.29, 1.82) is 0 Å². The van der Waals surface area contributed by atoms with E-state index in [9.17, 15) is 0 Å². The van der Waals surface area contributed by atoms with Gasteiger partial charge in [-0.05, 0) is 27.7 Å². The van der Waals surface area contributed by atoms with Crippen LogP contribution in [0.15, 0.2) is 6.07 Å². The molecule has 1 fully saturated rings. The molecule has 1 aliphatic heterocycles. The molecule has 0 aliphatic carbocycles. The van der Waals surface area contributed by atoms with Crippen molar-refractivity contribution in [3.8, 4) is 5.88 Å². The van der Waals surface area contributed by atoms with Crippen LogP contribution in [0.4, 0.5) is 5.95 Å². The molecule has 1 atom stereocenters. The Hall–Kier alpha value is -1.40. The van der Waals surface area contributed by atoms with Crippen molar-refractivity contribution in [2.75, 3.05) is 37.6 Å². The fourth-order valence-corrected chi connectivity index (χ4v) is 2.48. The van der Waals surface area contributed by atoms with E-state index in [0.717, 1.165) is 37.8 Å². The van der Waals surface area contributed by atoms with E-state index in [-0.39, 0.29) is 6.10 Å². The summed E-state index contributed by atoms with van der Waals surface area (Å²) in [6.45, 7) is 12.7. The molecule has 6 heteroatoms. The van der Waals surface area contributed by atoms with Gasteiger partial charge < -0.3 is 15.4 Å². The van der Waals surface area contributed by atoms with E-state index in [4.69, 9.17) is 10.5 Å². The molecule has 1 aromatic heterocycles. The largest absolute Gasteiger partial charge is 0.475 e. The lowest BCUT2D eigenvalue weighted by Crippen LogP contribution is -2.51. The summed E-state index contributed by atoms with van der Waals surface area (Å²) in [4.78, 5) is 13.7. The molecule has 2 heterocycles. The van der Waals surface area contributed by atoms with E-state index in [0.29, 0.717) is 18.5 Å². The molecule has 2 rings (SSSR count). The fourth-order valence-electron chi connectivity index (χ4n) is 2.48. The summed E-state index contributed by atoms with van der Waals surface area (Å²) < 4.78 is 5.70. The quantitative estimate of drug-likeness (QED) is 0.875. The molecule has 0 saturated carbocycles. The Labute approximate surface area is 127 Å². The number of aryl methyl sites for hydroxylation is 1. The van der Waals surface area contributed by atoms with Crippen LogP contribution in [0.1, 0.15) is 26.5 Å². The first kappa shape index (κ1) is 16.0. The van der Waals surface area contributed by atoms with Gasteiger partial charge in [0.25, 0.3) is 0 Å². The normalized spacial score (nSPS) is 18.1. The molecule has 0 spiro atoms. The monoisotopic (exact) mass is 293 g/mol. The van der Waals surface area contributed by atoms with E-state index in [1.807, 2.05) is 26.8 Å². The Kier molecular flexibility index (Phi) is 5.36. The van der Waals surface area contributed by atoms with Gasteiger partial charge in [0, 0.05) is 50.5 Å². The standard InChI is InChI=1S/C15H27N5O/c1-11(2)21-14-9-12(3)17-15(18-14)20-7-5-19(6-8-20)13(4)10-16/h9,11,13H,5-8,10,16H2,1-4H3. The van der Waals surface area contributed by atoms with Gasteiger partial charge in [-0.1, -0.05) is 0 Å². The number of rotatable bonds is 5. The van der Waals surface area contributed by atoms with Crippen molar-refractivity contribution in [1.82, 2.24) is 14.9 Å². The predicted octanol–water partition coefficient (Wildman–Crippen LogP) is 1.04. The smallest absolute Gasteiger partial charge is 0.228 e. The van der Waals surface area contributed by atoms with E-state index < -0.39 is 0 Å². The first-order valence-electron chi connectivity index (χ1n) is 7.71. The highest BCUT2D eigenvalue weighted by Gasteiger charge is 2.22. The molecule has 1 saturated heterocycles. The lowest BCUT2D eigenvalue weighted by atomic mass is 10.2. The van der Waals surface area contributed by atoms with E-state index in [1.165, 1.54) is 0 Å². The summed E-state index contributed by atoms with van der Waals surface area (Å²) in [5.41, 5.74) is 6.68. The summed E-state index contributed by atoms with van der Waals surface area (Å²) in [5, 5.41) is 0. The first-order chi connectivity index (χ1) is 9.99. The predicted molar refractivity (Wildman–Crippen MR) is 84.8 cm³/mol. The molecule has 6 nitrogen and oxygen atoms in total. The lowest BCUT2D eigenvalue weighted by Gasteiger charge is -2.37. The third kappa shape index (κ3) is 4.28. The molecule has 21 heavy (non-hydrogen) atoms. The third-order valence-corrected chi connectivity index (χ3v) is 3.74. The molecule has 0 aromatic carbocycles. The van der Waals surface area contributed by atoms with Crippen LogP contribution in [0.5, 0.6) is 5.88 Å². The van der Waals surface area contributed by atoms with Gasteiger partial charge in [0.1, 0.15) is 0 Å². The highest BCUT2D eigenvalue weighted by Crippen LogP contribution is 2.18. The summed E-state index contributed by atoms with van der Waals surface area (Å²) in [5.74, 6) is 1.43. The molecular formula is C15H27N5O. The van der Waals surface area contributed by atoms with Gasteiger partial charge in [-0.2, -0.15) is 4.98 Å². The molecule has 118 valence electrons. The third-order valence-electron chi connectivity index (χ3n) is 3.74. The first-order valence-corrected chi connectivity index (χ1v) is 7.71. The van der Waals surface area contributed by atoms with E-state index in [1.54, 1.807) is 0 Å². The second-order valence-electron chi connectivity index (χ2n) is 5.92. The van der Waals surface area contributed by atoms with Crippen LogP contribution in [0, 0.1) is 6.92 Å². The second-order valence-corrected chi connectivity index (χ2v) is 5.92.